The lowest BCUT2D eigenvalue weighted by molar-refractivity contribution is -0.137. The van der Waals surface area contributed by atoms with Crippen molar-refractivity contribution < 1.29 is 18.3 Å². The zero-order valence-corrected chi connectivity index (χ0v) is 11.4. The molecule has 20 heavy (non-hydrogen) atoms. The van der Waals surface area contributed by atoms with Crippen LogP contribution in [0.5, 0.6) is 0 Å². The van der Waals surface area contributed by atoms with Gasteiger partial charge in [-0.05, 0) is 17.5 Å². The van der Waals surface area contributed by atoms with Crippen molar-refractivity contribution in [2.45, 2.75) is 12.3 Å². The van der Waals surface area contributed by atoms with Crippen molar-refractivity contribution in [2.75, 3.05) is 0 Å². The summed E-state index contributed by atoms with van der Waals surface area (Å²) in [5.74, 6) is 0. The number of fused-ring (bicyclic) bond motifs is 1. The fourth-order valence-corrected chi connectivity index (χ4v) is 3.31. The van der Waals surface area contributed by atoms with Gasteiger partial charge in [-0.2, -0.15) is 13.2 Å². The number of pyridine rings is 1. The highest BCUT2D eigenvalue weighted by Gasteiger charge is 2.35. The van der Waals surface area contributed by atoms with E-state index in [0.717, 1.165) is 16.4 Å². The van der Waals surface area contributed by atoms with Crippen molar-refractivity contribution in [2.24, 2.45) is 0 Å². The van der Waals surface area contributed by atoms with Gasteiger partial charge in [0.25, 0.3) is 0 Å². The second kappa shape index (κ2) is 4.80. The van der Waals surface area contributed by atoms with E-state index in [9.17, 15) is 18.3 Å². The van der Waals surface area contributed by atoms with Crippen LogP contribution in [0.1, 0.15) is 21.6 Å². The minimum Gasteiger partial charge on any atom is -0.383 e. The molecule has 1 N–H and O–H groups in total. The number of rotatable bonds is 2. The van der Waals surface area contributed by atoms with Crippen molar-refractivity contribution in [1.82, 2.24) is 9.97 Å². The molecule has 0 radical (unpaired) electrons. The third kappa shape index (κ3) is 2.41. The lowest BCUT2D eigenvalue weighted by Crippen LogP contribution is -2.03. The molecule has 0 bridgehead atoms. The maximum atomic E-state index is 12.5. The lowest BCUT2D eigenvalue weighted by atomic mass is 10.1. The quantitative estimate of drug-likeness (QED) is 0.781. The van der Waals surface area contributed by atoms with Gasteiger partial charge < -0.3 is 5.11 Å². The first kappa shape index (κ1) is 13.5. The molecule has 1 atom stereocenters. The molecule has 0 spiro atoms. The summed E-state index contributed by atoms with van der Waals surface area (Å²) >= 11 is 1.90. The maximum Gasteiger partial charge on any atom is 0.443 e. The molecule has 3 rings (SSSR count). The standard InChI is InChI=1S/C12H7F3N2OS2/c13-12(14,15)11-17-5-9(20-11)10(18)6-3-8-7(16-4-6)1-2-19-8/h1-5,10,18H. The van der Waals surface area contributed by atoms with E-state index in [1.807, 2.05) is 11.4 Å². The van der Waals surface area contributed by atoms with E-state index in [4.69, 9.17) is 0 Å². The fourth-order valence-electron chi connectivity index (χ4n) is 1.72. The van der Waals surface area contributed by atoms with Crippen LogP contribution in [0.2, 0.25) is 0 Å². The van der Waals surface area contributed by atoms with Gasteiger partial charge in [-0.3, -0.25) is 4.98 Å². The van der Waals surface area contributed by atoms with Crippen LogP contribution < -0.4 is 0 Å². The number of thiazole rings is 1. The van der Waals surface area contributed by atoms with Crippen LogP contribution in [0.25, 0.3) is 10.2 Å². The van der Waals surface area contributed by atoms with Crippen molar-refractivity contribution in [1.29, 1.82) is 0 Å². The van der Waals surface area contributed by atoms with Gasteiger partial charge in [0.15, 0.2) is 5.01 Å². The Bertz CT molecular complexity index is 750. The lowest BCUT2D eigenvalue weighted by Gasteiger charge is -2.07. The number of alkyl halides is 3. The van der Waals surface area contributed by atoms with Crippen LogP contribution in [0, 0.1) is 0 Å². The Kier molecular flexibility index (Phi) is 3.23. The van der Waals surface area contributed by atoms with Crippen LogP contribution in [0.15, 0.2) is 29.9 Å². The minimum atomic E-state index is -4.49. The summed E-state index contributed by atoms with van der Waals surface area (Å²) in [5.41, 5.74) is 1.25. The smallest absolute Gasteiger partial charge is 0.383 e. The van der Waals surface area contributed by atoms with Crippen molar-refractivity contribution in [3.05, 3.63) is 45.4 Å². The van der Waals surface area contributed by atoms with Gasteiger partial charge in [-0.15, -0.1) is 22.7 Å². The van der Waals surface area contributed by atoms with Gasteiger partial charge in [0.2, 0.25) is 0 Å². The van der Waals surface area contributed by atoms with Crippen LogP contribution in [0.4, 0.5) is 13.2 Å². The molecule has 0 saturated heterocycles. The molecule has 0 aliphatic rings. The first-order valence-electron chi connectivity index (χ1n) is 5.49. The monoisotopic (exact) mass is 316 g/mol. The predicted molar refractivity (Wildman–Crippen MR) is 70.8 cm³/mol. The first-order valence-corrected chi connectivity index (χ1v) is 7.19. The number of halogens is 3. The average Bonchev–Trinajstić information content (AvgIpc) is 3.05. The summed E-state index contributed by atoms with van der Waals surface area (Å²) in [5, 5.41) is 11.0. The van der Waals surface area contributed by atoms with Gasteiger partial charge in [0, 0.05) is 18.0 Å². The number of aliphatic hydroxyl groups is 1. The molecule has 0 saturated carbocycles. The highest BCUT2D eigenvalue weighted by Crippen LogP contribution is 2.36. The van der Waals surface area contributed by atoms with Gasteiger partial charge in [-0.1, -0.05) is 0 Å². The Morgan fingerprint density at radius 1 is 1.20 bits per heavy atom. The number of nitrogens with zero attached hydrogens (tertiary/aromatic N) is 2. The van der Waals surface area contributed by atoms with Gasteiger partial charge in [-0.25, -0.2) is 4.98 Å². The maximum absolute atomic E-state index is 12.5. The zero-order chi connectivity index (χ0) is 14.3. The van der Waals surface area contributed by atoms with Crippen molar-refractivity contribution >= 4 is 32.9 Å². The Balaban J connectivity index is 1.95. The van der Waals surface area contributed by atoms with E-state index >= 15 is 0 Å². The van der Waals surface area contributed by atoms with Crippen molar-refractivity contribution in [3.63, 3.8) is 0 Å². The Morgan fingerprint density at radius 3 is 2.70 bits per heavy atom. The van der Waals surface area contributed by atoms with Gasteiger partial charge in [0.05, 0.1) is 15.1 Å². The molecular formula is C12H7F3N2OS2. The summed E-state index contributed by atoms with van der Waals surface area (Å²) in [4.78, 5) is 7.61. The molecule has 0 aliphatic carbocycles. The number of hydrogen-bond acceptors (Lipinski definition) is 5. The van der Waals surface area contributed by atoms with Crippen LogP contribution >= 0.6 is 22.7 Å². The van der Waals surface area contributed by atoms with E-state index in [2.05, 4.69) is 9.97 Å². The molecule has 1 unspecified atom stereocenters. The summed E-state index contributed by atoms with van der Waals surface area (Å²) in [6.45, 7) is 0. The molecule has 0 fully saturated rings. The number of aliphatic hydroxyl groups excluding tert-OH is 1. The largest absolute Gasteiger partial charge is 0.443 e. The number of aromatic nitrogens is 2. The minimum absolute atomic E-state index is 0.148. The van der Waals surface area contributed by atoms with Crippen LogP contribution in [0.3, 0.4) is 0 Å². The molecule has 8 heteroatoms. The molecule has 0 aromatic carbocycles. The van der Waals surface area contributed by atoms with E-state index in [-0.39, 0.29) is 4.88 Å². The first-order chi connectivity index (χ1) is 9.45. The third-order valence-electron chi connectivity index (χ3n) is 2.68. The van der Waals surface area contributed by atoms with Crippen LogP contribution in [-0.2, 0) is 6.18 Å². The Hall–Kier alpha value is -1.51. The molecule has 0 amide bonds. The highest BCUT2D eigenvalue weighted by molar-refractivity contribution is 7.17. The second-order valence-electron chi connectivity index (χ2n) is 4.04. The van der Waals surface area contributed by atoms with Crippen molar-refractivity contribution in [3.8, 4) is 0 Å². The van der Waals surface area contributed by atoms with Crippen LogP contribution in [-0.4, -0.2) is 15.1 Å². The molecular weight excluding hydrogens is 309 g/mol. The Morgan fingerprint density at radius 2 is 2.00 bits per heavy atom. The summed E-state index contributed by atoms with van der Waals surface area (Å²) in [6.07, 6.45) is -3.12. The summed E-state index contributed by atoms with van der Waals surface area (Å²) in [7, 11) is 0. The normalized spacial score (nSPS) is 13.8. The third-order valence-corrected chi connectivity index (χ3v) is 4.62. The predicted octanol–water partition coefficient (Wildman–Crippen LogP) is 3.85. The molecule has 3 aromatic rings. The summed E-state index contributed by atoms with van der Waals surface area (Å²) < 4.78 is 38.3. The molecule has 3 nitrogen and oxygen atoms in total. The van der Waals surface area contributed by atoms with E-state index in [1.165, 1.54) is 17.5 Å². The fraction of sp³-hybridized carbons (Fsp3) is 0.167. The molecule has 3 heterocycles. The second-order valence-corrected chi connectivity index (χ2v) is 6.05. The highest BCUT2D eigenvalue weighted by atomic mass is 32.1. The topological polar surface area (TPSA) is 46.0 Å². The van der Waals surface area contributed by atoms with E-state index < -0.39 is 17.3 Å². The van der Waals surface area contributed by atoms with Gasteiger partial charge in [0.1, 0.15) is 6.10 Å². The van der Waals surface area contributed by atoms with E-state index in [1.54, 1.807) is 6.07 Å². The number of thiophene rings is 1. The molecule has 3 aromatic heterocycles. The van der Waals surface area contributed by atoms with E-state index in [0.29, 0.717) is 16.9 Å². The summed E-state index contributed by atoms with van der Waals surface area (Å²) in [6, 6.07) is 3.56. The number of hydrogen-bond donors (Lipinski definition) is 1. The molecule has 104 valence electrons. The zero-order valence-electron chi connectivity index (χ0n) is 9.76. The molecule has 0 aliphatic heterocycles. The average molecular weight is 316 g/mol. The SMILES string of the molecule is OC(c1cnc2ccsc2c1)c1cnc(C(F)(F)F)s1. The van der Waals surface area contributed by atoms with Gasteiger partial charge >= 0.3 is 6.18 Å². The Labute approximate surface area is 119 Å².